The van der Waals surface area contributed by atoms with E-state index in [2.05, 4.69) is 31.6 Å². The zero-order chi connectivity index (χ0) is 16.1. The first kappa shape index (κ1) is 25.8. The van der Waals surface area contributed by atoms with E-state index in [1.54, 1.807) is 24.3 Å². The normalized spacial score (nSPS) is 10.1. The molecule has 0 saturated carbocycles. The zero-order valence-electron chi connectivity index (χ0n) is 12.9. The molecule has 19 heavy (non-hydrogen) atoms. The lowest BCUT2D eigenvalue weighted by molar-refractivity contribution is -0.124. The van der Waals surface area contributed by atoms with Gasteiger partial charge in [-0.15, -0.1) is 26.3 Å². The molecular formula is C16H29NO2. The number of imide groups is 1. The second kappa shape index (κ2) is 29.8. The highest BCUT2D eigenvalue weighted by Gasteiger charge is 2.15. The van der Waals surface area contributed by atoms with Gasteiger partial charge in [0.25, 0.3) is 0 Å². The number of allylic oxidation sites excluding steroid dienone is 4. The van der Waals surface area contributed by atoms with E-state index in [-0.39, 0.29) is 11.8 Å². The van der Waals surface area contributed by atoms with E-state index in [0.717, 1.165) is 0 Å². The summed E-state index contributed by atoms with van der Waals surface area (Å²) in [5.41, 5.74) is 0. The average molecular weight is 267 g/mol. The SMILES string of the molecule is C=CC.C=CC.C=CC.C=CC.O=C1CCC(=O)N1. The quantitative estimate of drug-likeness (QED) is 0.528. The molecule has 0 spiro atoms. The second-order valence-corrected chi connectivity index (χ2v) is 3.10. The maximum Gasteiger partial charge on any atom is 0.227 e. The lowest BCUT2D eigenvalue weighted by Crippen LogP contribution is -2.18. The molecule has 1 saturated heterocycles. The number of hydrogen-bond donors (Lipinski definition) is 1. The van der Waals surface area contributed by atoms with Gasteiger partial charge in [-0.1, -0.05) is 24.3 Å². The fourth-order valence-electron chi connectivity index (χ4n) is 0.508. The maximum absolute atomic E-state index is 10.1. The van der Waals surface area contributed by atoms with E-state index in [0.29, 0.717) is 12.8 Å². The maximum atomic E-state index is 10.1. The fraction of sp³-hybridized carbons (Fsp3) is 0.375. The Morgan fingerprint density at radius 2 is 0.895 bits per heavy atom. The van der Waals surface area contributed by atoms with Crippen molar-refractivity contribution in [1.29, 1.82) is 0 Å². The second-order valence-electron chi connectivity index (χ2n) is 3.10. The molecule has 0 aromatic rings. The molecule has 0 unspecified atom stereocenters. The highest BCUT2D eigenvalue weighted by Crippen LogP contribution is 1.95. The van der Waals surface area contributed by atoms with E-state index in [4.69, 9.17) is 0 Å². The third-order valence-electron chi connectivity index (χ3n) is 0.858. The standard InChI is InChI=1S/C4H5NO2.4C3H6/c6-3-1-2-4(7)5-3;4*1-3-2/h1-2H2,(H,5,6,7);4*3H,1H2,2H3. The van der Waals surface area contributed by atoms with Gasteiger partial charge in [0.1, 0.15) is 0 Å². The smallest absolute Gasteiger partial charge is 0.227 e. The van der Waals surface area contributed by atoms with Crippen molar-refractivity contribution >= 4 is 11.8 Å². The molecule has 3 nitrogen and oxygen atoms in total. The number of carbonyl (C=O) groups excluding carboxylic acids is 2. The van der Waals surface area contributed by atoms with Gasteiger partial charge in [-0.05, 0) is 27.7 Å². The minimum atomic E-state index is -0.148. The van der Waals surface area contributed by atoms with Crippen molar-refractivity contribution in [1.82, 2.24) is 5.32 Å². The number of carbonyl (C=O) groups is 2. The highest BCUT2D eigenvalue weighted by atomic mass is 16.2. The van der Waals surface area contributed by atoms with Crippen LogP contribution in [0.3, 0.4) is 0 Å². The summed E-state index contributed by atoms with van der Waals surface area (Å²) in [5.74, 6) is -0.296. The molecule has 1 aliphatic heterocycles. The van der Waals surface area contributed by atoms with Crippen LogP contribution < -0.4 is 5.32 Å². The van der Waals surface area contributed by atoms with Crippen LogP contribution in [0.1, 0.15) is 40.5 Å². The third-order valence-corrected chi connectivity index (χ3v) is 0.858. The summed E-state index contributed by atoms with van der Waals surface area (Å²) in [6, 6.07) is 0. The van der Waals surface area contributed by atoms with Gasteiger partial charge in [-0.3, -0.25) is 14.9 Å². The third kappa shape index (κ3) is 63.5. The Morgan fingerprint density at radius 3 is 0.947 bits per heavy atom. The van der Waals surface area contributed by atoms with Gasteiger partial charge in [-0.25, -0.2) is 0 Å². The molecule has 0 bridgehead atoms. The summed E-state index contributed by atoms with van der Waals surface area (Å²) >= 11 is 0. The van der Waals surface area contributed by atoms with Crippen LogP contribution in [-0.2, 0) is 9.59 Å². The Kier molecular flexibility index (Phi) is 40.5. The van der Waals surface area contributed by atoms with E-state index in [1.165, 1.54) is 0 Å². The number of nitrogens with one attached hydrogen (secondary N) is 1. The van der Waals surface area contributed by atoms with Crippen LogP contribution in [0.4, 0.5) is 0 Å². The topological polar surface area (TPSA) is 46.2 Å². The zero-order valence-corrected chi connectivity index (χ0v) is 12.9. The lowest BCUT2D eigenvalue weighted by Gasteiger charge is -1.79. The Labute approximate surface area is 118 Å². The molecule has 110 valence electrons. The summed E-state index contributed by atoms with van der Waals surface area (Å²) in [6.07, 6.45) is 7.75. The molecule has 3 heteroatoms. The van der Waals surface area contributed by atoms with Crippen molar-refractivity contribution in [3.8, 4) is 0 Å². The van der Waals surface area contributed by atoms with Crippen LogP contribution in [0.15, 0.2) is 50.6 Å². The van der Waals surface area contributed by atoms with Gasteiger partial charge in [0, 0.05) is 12.8 Å². The first-order chi connectivity index (χ1) is 8.94. The van der Waals surface area contributed by atoms with Crippen LogP contribution in [0.5, 0.6) is 0 Å². The van der Waals surface area contributed by atoms with Crippen molar-refractivity contribution in [3.63, 3.8) is 0 Å². The molecule has 1 N–H and O–H groups in total. The van der Waals surface area contributed by atoms with Crippen molar-refractivity contribution in [3.05, 3.63) is 50.6 Å². The Balaban J connectivity index is -0.0000000812. The first-order valence-corrected chi connectivity index (χ1v) is 6.06. The van der Waals surface area contributed by atoms with Gasteiger partial charge in [-0.2, -0.15) is 0 Å². The van der Waals surface area contributed by atoms with Crippen molar-refractivity contribution < 1.29 is 9.59 Å². The van der Waals surface area contributed by atoms with Crippen LogP contribution in [0.2, 0.25) is 0 Å². The number of hydrogen-bond acceptors (Lipinski definition) is 2. The lowest BCUT2D eigenvalue weighted by atomic mass is 10.4. The van der Waals surface area contributed by atoms with Crippen LogP contribution >= 0.6 is 0 Å². The summed E-state index contributed by atoms with van der Waals surface area (Å²) in [5, 5.41) is 2.14. The Hall–Kier alpha value is -1.90. The van der Waals surface area contributed by atoms with Crippen molar-refractivity contribution in [2.45, 2.75) is 40.5 Å². The van der Waals surface area contributed by atoms with Gasteiger partial charge in [0.2, 0.25) is 11.8 Å². The predicted octanol–water partition coefficient (Wildman–Crippen LogP) is 4.19. The highest BCUT2D eigenvalue weighted by molar-refractivity contribution is 6.01. The monoisotopic (exact) mass is 267 g/mol. The van der Waals surface area contributed by atoms with Crippen LogP contribution in [0.25, 0.3) is 0 Å². The first-order valence-electron chi connectivity index (χ1n) is 6.06. The average Bonchev–Trinajstić information content (AvgIpc) is 2.67. The van der Waals surface area contributed by atoms with E-state index in [1.807, 2.05) is 27.7 Å². The molecule has 0 aromatic heterocycles. The Morgan fingerprint density at radius 1 is 0.737 bits per heavy atom. The molecule has 0 radical (unpaired) electrons. The fourth-order valence-corrected chi connectivity index (χ4v) is 0.508. The minimum Gasteiger partial charge on any atom is -0.296 e. The van der Waals surface area contributed by atoms with Crippen molar-refractivity contribution in [2.75, 3.05) is 0 Å². The Bertz CT molecular complexity index is 217. The van der Waals surface area contributed by atoms with Crippen LogP contribution in [0, 0.1) is 0 Å². The summed E-state index contributed by atoms with van der Waals surface area (Å²) in [7, 11) is 0. The molecule has 2 amide bonds. The summed E-state index contributed by atoms with van der Waals surface area (Å²) in [4.78, 5) is 20.2. The largest absolute Gasteiger partial charge is 0.296 e. The van der Waals surface area contributed by atoms with Gasteiger partial charge in [0.05, 0.1) is 0 Å². The van der Waals surface area contributed by atoms with E-state index < -0.39 is 0 Å². The molecular weight excluding hydrogens is 238 g/mol. The predicted molar refractivity (Wildman–Crippen MR) is 85.9 cm³/mol. The molecule has 0 aromatic carbocycles. The number of rotatable bonds is 0. The van der Waals surface area contributed by atoms with E-state index in [9.17, 15) is 9.59 Å². The molecule has 0 atom stereocenters. The number of amides is 2. The van der Waals surface area contributed by atoms with Crippen molar-refractivity contribution in [2.24, 2.45) is 0 Å². The summed E-state index contributed by atoms with van der Waals surface area (Å²) in [6.45, 7) is 21.0. The van der Waals surface area contributed by atoms with Gasteiger partial charge < -0.3 is 0 Å². The molecule has 1 fully saturated rings. The van der Waals surface area contributed by atoms with Gasteiger partial charge >= 0.3 is 0 Å². The molecule has 1 aliphatic rings. The van der Waals surface area contributed by atoms with Crippen LogP contribution in [-0.4, -0.2) is 11.8 Å². The summed E-state index contributed by atoms with van der Waals surface area (Å²) < 4.78 is 0. The van der Waals surface area contributed by atoms with Gasteiger partial charge in [0.15, 0.2) is 0 Å². The van der Waals surface area contributed by atoms with E-state index >= 15 is 0 Å². The molecule has 1 heterocycles. The molecule has 1 rings (SSSR count). The molecule has 0 aliphatic carbocycles. The minimum absolute atomic E-state index is 0.148.